The van der Waals surface area contributed by atoms with Gasteiger partial charge in [-0.3, -0.25) is 9.59 Å². The van der Waals surface area contributed by atoms with Crippen LogP contribution < -0.4 is 14.2 Å². The van der Waals surface area contributed by atoms with Gasteiger partial charge < -0.3 is 18.9 Å². The van der Waals surface area contributed by atoms with Crippen molar-refractivity contribution in [2.75, 3.05) is 27.9 Å². The van der Waals surface area contributed by atoms with Crippen molar-refractivity contribution in [3.63, 3.8) is 0 Å². The largest absolute Gasteiger partial charge is 0.496 e. The van der Waals surface area contributed by atoms with Crippen molar-refractivity contribution in [2.45, 2.75) is 12.8 Å². The van der Waals surface area contributed by atoms with E-state index in [0.29, 0.717) is 28.4 Å². The van der Waals surface area contributed by atoms with E-state index in [1.54, 1.807) is 26.2 Å². The Morgan fingerprint density at radius 2 is 1.34 bits per heavy atom. The monoisotopic (exact) mass is 472 g/mol. The van der Waals surface area contributed by atoms with E-state index >= 15 is 0 Å². The van der Waals surface area contributed by atoms with Crippen LogP contribution >= 0.6 is 0 Å². The molecule has 1 aliphatic carbocycles. The van der Waals surface area contributed by atoms with Crippen molar-refractivity contribution >= 4 is 22.9 Å². The number of Topliss-reactive ketones (excluding diaryl/α,β-unsaturated/α-hetero) is 1. The first-order chi connectivity index (χ1) is 17.0. The summed E-state index contributed by atoms with van der Waals surface area (Å²) in [5.74, 6) is -1.23. The molecular weight excluding hydrogens is 444 g/mol. The van der Waals surface area contributed by atoms with E-state index in [4.69, 9.17) is 18.9 Å². The average Bonchev–Trinajstić information content (AvgIpc) is 3.21. The Bertz CT molecular complexity index is 1220. The van der Waals surface area contributed by atoms with Crippen molar-refractivity contribution in [1.82, 2.24) is 0 Å². The molecule has 0 spiro atoms. The van der Waals surface area contributed by atoms with Crippen molar-refractivity contribution < 1.29 is 28.5 Å². The lowest BCUT2D eigenvalue weighted by Gasteiger charge is -2.25. The van der Waals surface area contributed by atoms with Gasteiger partial charge in [0.1, 0.15) is 23.2 Å². The summed E-state index contributed by atoms with van der Waals surface area (Å²) in [6.07, 6.45) is 0. The number of carbonyl (C=O) groups is 2. The number of ether oxygens (including phenoxy) is 4. The summed E-state index contributed by atoms with van der Waals surface area (Å²) in [6.45, 7) is 1.89. The fraction of sp³-hybridized carbons (Fsp3) is 0.241. The Morgan fingerprint density at radius 3 is 1.83 bits per heavy atom. The first-order valence-corrected chi connectivity index (χ1v) is 11.4. The lowest BCUT2D eigenvalue weighted by Crippen LogP contribution is -2.28. The van der Waals surface area contributed by atoms with Gasteiger partial charge in [0, 0.05) is 29.2 Å². The van der Waals surface area contributed by atoms with E-state index in [2.05, 4.69) is 0 Å². The molecule has 0 heterocycles. The maximum atomic E-state index is 14.0. The molecule has 0 fully saturated rings. The van der Waals surface area contributed by atoms with Gasteiger partial charge in [-0.2, -0.15) is 0 Å². The Hall–Kier alpha value is -4.06. The zero-order valence-electron chi connectivity index (χ0n) is 20.2. The predicted molar refractivity (Wildman–Crippen MR) is 134 cm³/mol. The smallest absolute Gasteiger partial charge is 0.317 e. The highest BCUT2D eigenvalue weighted by molar-refractivity contribution is 6.37. The Balaban J connectivity index is 2.09. The van der Waals surface area contributed by atoms with Crippen LogP contribution in [0.4, 0.5) is 0 Å². The number of hydrogen-bond donors (Lipinski definition) is 0. The molecule has 2 atom stereocenters. The van der Waals surface area contributed by atoms with Crippen molar-refractivity contribution in [3.8, 4) is 17.2 Å². The van der Waals surface area contributed by atoms with Crippen LogP contribution in [0.3, 0.4) is 0 Å². The third-order valence-corrected chi connectivity index (χ3v) is 6.19. The summed E-state index contributed by atoms with van der Waals surface area (Å²) in [5, 5.41) is 0. The molecule has 0 bridgehead atoms. The highest BCUT2D eigenvalue weighted by Gasteiger charge is 2.50. The number of carbonyl (C=O) groups excluding carboxylic acids is 2. The lowest BCUT2D eigenvalue weighted by atomic mass is 9.80. The summed E-state index contributed by atoms with van der Waals surface area (Å²) >= 11 is 0. The normalized spacial score (nSPS) is 17.3. The molecule has 0 aromatic heterocycles. The van der Waals surface area contributed by atoms with E-state index in [0.717, 1.165) is 16.7 Å². The van der Waals surface area contributed by atoms with Crippen LogP contribution in [0.2, 0.25) is 0 Å². The van der Waals surface area contributed by atoms with Crippen LogP contribution in [0.1, 0.15) is 29.5 Å². The maximum absolute atomic E-state index is 14.0. The van der Waals surface area contributed by atoms with Crippen molar-refractivity contribution in [3.05, 3.63) is 89.5 Å². The number of allylic oxidation sites excluding steroid dienone is 2. The number of rotatable bonds is 8. The summed E-state index contributed by atoms with van der Waals surface area (Å²) in [6, 6.07) is 22.5. The van der Waals surface area contributed by atoms with Gasteiger partial charge in [-0.25, -0.2) is 0 Å². The van der Waals surface area contributed by atoms with E-state index in [9.17, 15) is 9.59 Å². The standard InChI is InChI=1S/C29H28O6/c1-5-35-29(31)27-26(25-21(33-3)16-20(32-2)17-22(25)34-4)23(18-12-8-6-9-13-18)24(28(27)30)19-14-10-7-11-15-19/h6-17,26-27H,5H2,1-4H3/t26-,27-/m0/s1. The maximum Gasteiger partial charge on any atom is 0.317 e. The molecule has 0 N–H and O–H groups in total. The molecule has 6 nitrogen and oxygen atoms in total. The van der Waals surface area contributed by atoms with Crippen LogP contribution in [0.5, 0.6) is 17.2 Å². The molecule has 180 valence electrons. The van der Waals surface area contributed by atoms with Crippen LogP contribution in [-0.4, -0.2) is 39.7 Å². The molecule has 0 saturated carbocycles. The second-order valence-electron chi connectivity index (χ2n) is 8.04. The number of esters is 1. The molecule has 0 radical (unpaired) electrons. The van der Waals surface area contributed by atoms with Crippen molar-refractivity contribution in [1.29, 1.82) is 0 Å². The molecule has 0 unspecified atom stereocenters. The van der Waals surface area contributed by atoms with E-state index in [1.807, 2.05) is 60.7 Å². The number of hydrogen-bond acceptors (Lipinski definition) is 6. The minimum absolute atomic E-state index is 0.160. The van der Waals surface area contributed by atoms with E-state index < -0.39 is 17.8 Å². The van der Waals surface area contributed by atoms with Gasteiger partial charge in [-0.1, -0.05) is 60.7 Å². The SMILES string of the molecule is CCOC(=O)[C@@H]1C(=O)C(c2ccccc2)=C(c2ccccc2)[C@H]1c1c(OC)cc(OC)cc1OC. The number of benzene rings is 3. The molecule has 0 saturated heterocycles. The quantitative estimate of drug-likeness (QED) is 0.333. The van der Waals surface area contributed by atoms with Crippen LogP contribution in [0, 0.1) is 5.92 Å². The molecule has 3 aromatic carbocycles. The fourth-order valence-electron chi connectivity index (χ4n) is 4.73. The fourth-order valence-corrected chi connectivity index (χ4v) is 4.73. The zero-order chi connectivity index (χ0) is 24.9. The highest BCUT2D eigenvalue weighted by Crippen LogP contribution is 2.55. The molecular formula is C29H28O6. The van der Waals surface area contributed by atoms with Gasteiger partial charge >= 0.3 is 5.97 Å². The molecule has 35 heavy (non-hydrogen) atoms. The van der Waals surface area contributed by atoms with E-state index in [-0.39, 0.29) is 12.4 Å². The Morgan fingerprint density at radius 1 is 0.800 bits per heavy atom. The van der Waals surface area contributed by atoms with Crippen LogP contribution in [0.25, 0.3) is 11.1 Å². The van der Waals surface area contributed by atoms with Gasteiger partial charge in [-0.05, 0) is 23.6 Å². The van der Waals surface area contributed by atoms with Gasteiger partial charge in [0.15, 0.2) is 5.78 Å². The molecule has 1 aliphatic rings. The summed E-state index contributed by atoms with van der Waals surface area (Å²) in [5.41, 5.74) is 3.37. The summed E-state index contributed by atoms with van der Waals surface area (Å²) < 4.78 is 22.3. The van der Waals surface area contributed by atoms with Gasteiger partial charge in [0.2, 0.25) is 0 Å². The number of methoxy groups -OCH3 is 3. The third kappa shape index (κ3) is 4.39. The molecule has 4 rings (SSSR count). The predicted octanol–water partition coefficient (Wildman–Crippen LogP) is 5.17. The van der Waals surface area contributed by atoms with Gasteiger partial charge in [0.25, 0.3) is 0 Å². The molecule has 3 aromatic rings. The highest BCUT2D eigenvalue weighted by atomic mass is 16.5. The average molecular weight is 473 g/mol. The minimum atomic E-state index is -1.10. The first kappa shape index (κ1) is 24.1. The molecule has 0 amide bonds. The third-order valence-electron chi connectivity index (χ3n) is 6.19. The summed E-state index contributed by atoms with van der Waals surface area (Å²) in [4.78, 5) is 27.4. The minimum Gasteiger partial charge on any atom is -0.496 e. The van der Waals surface area contributed by atoms with Gasteiger partial charge in [0.05, 0.1) is 27.9 Å². The van der Waals surface area contributed by atoms with Gasteiger partial charge in [-0.15, -0.1) is 0 Å². The van der Waals surface area contributed by atoms with Crippen LogP contribution in [0.15, 0.2) is 72.8 Å². The summed E-state index contributed by atoms with van der Waals surface area (Å²) in [7, 11) is 4.63. The van der Waals surface area contributed by atoms with Crippen LogP contribution in [-0.2, 0) is 14.3 Å². The lowest BCUT2D eigenvalue weighted by molar-refractivity contribution is -0.150. The molecule has 0 aliphatic heterocycles. The Labute approximate surface area is 205 Å². The second-order valence-corrected chi connectivity index (χ2v) is 8.04. The van der Waals surface area contributed by atoms with E-state index in [1.165, 1.54) is 14.2 Å². The first-order valence-electron chi connectivity index (χ1n) is 11.4. The Kier molecular flexibility index (Phi) is 7.20. The topological polar surface area (TPSA) is 71.1 Å². The zero-order valence-corrected chi connectivity index (χ0v) is 20.2. The second kappa shape index (κ2) is 10.5. The van der Waals surface area contributed by atoms with Crippen molar-refractivity contribution in [2.24, 2.45) is 5.92 Å². The number of ketones is 1. The molecule has 6 heteroatoms.